The number of hydrazine groups is 1. The molecule has 4 heteroatoms. The summed E-state index contributed by atoms with van der Waals surface area (Å²) in [6.45, 7) is 6.41. The molecule has 1 aromatic rings. The van der Waals surface area contributed by atoms with Crippen LogP contribution in [0.1, 0.15) is 32.4 Å². The maximum Gasteiger partial charge on any atom is 0.124 e. The van der Waals surface area contributed by atoms with E-state index in [1.807, 2.05) is 18.2 Å². The molecular weight excluding hydrogens is 268 g/mol. The molecule has 16 heavy (non-hydrogen) atoms. The minimum absolute atomic E-state index is 0.0237. The van der Waals surface area contributed by atoms with Crippen molar-refractivity contribution >= 4 is 15.9 Å². The third kappa shape index (κ3) is 2.97. The fourth-order valence-electron chi connectivity index (χ4n) is 1.73. The van der Waals surface area contributed by atoms with E-state index in [0.717, 1.165) is 15.8 Å². The predicted octanol–water partition coefficient (Wildman–Crippen LogP) is 3.01. The highest BCUT2D eigenvalue weighted by molar-refractivity contribution is 9.10. The lowest BCUT2D eigenvalue weighted by atomic mass is 9.82. The highest BCUT2D eigenvalue weighted by Gasteiger charge is 2.27. The number of halogens is 1. The zero-order chi connectivity index (χ0) is 12.3. The van der Waals surface area contributed by atoms with Crippen LogP contribution in [0.4, 0.5) is 0 Å². The van der Waals surface area contributed by atoms with Gasteiger partial charge in [0.15, 0.2) is 0 Å². The average Bonchev–Trinajstić information content (AvgIpc) is 2.19. The van der Waals surface area contributed by atoms with Crippen molar-refractivity contribution < 1.29 is 4.74 Å². The zero-order valence-electron chi connectivity index (χ0n) is 10.2. The van der Waals surface area contributed by atoms with Crippen LogP contribution in [0.2, 0.25) is 0 Å². The van der Waals surface area contributed by atoms with Crippen LogP contribution in [-0.2, 0) is 0 Å². The number of rotatable bonds is 3. The molecule has 3 nitrogen and oxygen atoms in total. The van der Waals surface area contributed by atoms with Crippen LogP contribution in [0, 0.1) is 5.41 Å². The molecule has 0 bridgehead atoms. The molecule has 1 aromatic carbocycles. The van der Waals surface area contributed by atoms with Gasteiger partial charge in [0.05, 0.1) is 13.2 Å². The molecule has 0 aliphatic carbocycles. The Balaban J connectivity index is 3.20. The first-order valence-corrected chi connectivity index (χ1v) is 5.99. The van der Waals surface area contributed by atoms with Crippen molar-refractivity contribution in [3.63, 3.8) is 0 Å². The SMILES string of the molecule is COc1cc(Br)ccc1C(NN)C(C)(C)C. The topological polar surface area (TPSA) is 47.3 Å². The van der Waals surface area contributed by atoms with Gasteiger partial charge in [0.2, 0.25) is 0 Å². The van der Waals surface area contributed by atoms with Crippen molar-refractivity contribution in [2.24, 2.45) is 11.3 Å². The van der Waals surface area contributed by atoms with Crippen molar-refractivity contribution in [1.29, 1.82) is 0 Å². The van der Waals surface area contributed by atoms with E-state index >= 15 is 0 Å². The molecule has 0 saturated carbocycles. The van der Waals surface area contributed by atoms with E-state index in [9.17, 15) is 0 Å². The third-order valence-electron chi connectivity index (χ3n) is 2.54. The minimum Gasteiger partial charge on any atom is -0.496 e. The summed E-state index contributed by atoms with van der Waals surface area (Å²) in [6, 6.07) is 6.02. The summed E-state index contributed by atoms with van der Waals surface area (Å²) < 4.78 is 6.38. The third-order valence-corrected chi connectivity index (χ3v) is 3.03. The molecule has 1 unspecified atom stereocenters. The van der Waals surface area contributed by atoms with Crippen molar-refractivity contribution in [3.8, 4) is 5.75 Å². The highest BCUT2D eigenvalue weighted by atomic mass is 79.9. The van der Waals surface area contributed by atoms with Crippen LogP contribution >= 0.6 is 15.9 Å². The van der Waals surface area contributed by atoms with Crippen LogP contribution in [-0.4, -0.2) is 7.11 Å². The van der Waals surface area contributed by atoms with Gasteiger partial charge in [-0.25, -0.2) is 0 Å². The summed E-state index contributed by atoms with van der Waals surface area (Å²) in [6.07, 6.45) is 0. The van der Waals surface area contributed by atoms with E-state index in [0.29, 0.717) is 0 Å². The standard InChI is InChI=1S/C12H19BrN2O/c1-12(2,3)11(15-14)9-6-5-8(13)7-10(9)16-4/h5-7,11,15H,14H2,1-4H3. The van der Waals surface area contributed by atoms with Crippen LogP contribution in [0.25, 0.3) is 0 Å². The molecule has 0 aliphatic rings. The Kier molecular flexibility index (Phi) is 4.35. The number of hydrogen-bond donors (Lipinski definition) is 2. The van der Waals surface area contributed by atoms with E-state index in [1.165, 1.54) is 0 Å². The molecule has 0 fully saturated rings. The van der Waals surface area contributed by atoms with E-state index < -0.39 is 0 Å². The van der Waals surface area contributed by atoms with E-state index in [4.69, 9.17) is 10.6 Å². The molecule has 90 valence electrons. The van der Waals surface area contributed by atoms with E-state index in [-0.39, 0.29) is 11.5 Å². The lowest BCUT2D eigenvalue weighted by Gasteiger charge is -2.31. The number of nitrogens with two attached hydrogens (primary N) is 1. The first kappa shape index (κ1) is 13.5. The van der Waals surface area contributed by atoms with Gasteiger partial charge in [-0.1, -0.05) is 42.8 Å². The highest BCUT2D eigenvalue weighted by Crippen LogP contribution is 2.37. The molecule has 0 amide bonds. The lowest BCUT2D eigenvalue weighted by molar-refractivity contribution is 0.267. The molecule has 0 heterocycles. The molecule has 0 saturated heterocycles. The Bertz CT molecular complexity index is 361. The molecule has 1 atom stereocenters. The van der Waals surface area contributed by atoms with Crippen LogP contribution in [0.3, 0.4) is 0 Å². The molecule has 3 N–H and O–H groups in total. The second-order valence-electron chi connectivity index (χ2n) is 4.85. The average molecular weight is 287 g/mol. The van der Waals surface area contributed by atoms with Crippen LogP contribution < -0.4 is 16.0 Å². The van der Waals surface area contributed by atoms with Gasteiger partial charge < -0.3 is 4.74 Å². The maximum absolute atomic E-state index is 5.64. The second-order valence-corrected chi connectivity index (χ2v) is 5.77. The fraction of sp³-hybridized carbons (Fsp3) is 0.500. The van der Waals surface area contributed by atoms with Gasteiger partial charge >= 0.3 is 0 Å². The molecule has 0 aliphatic heterocycles. The van der Waals surface area contributed by atoms with Gasteiger partial charge in [-0.3, -0.25) is 11.3 Å². The number of methoxy groups -OCH3 is 1. The van der Waals surface area contributed by atoms with Crippen molar-refractivity contribution in [2.45, 2.75) is 26.8 Å². The monoisotopic (exact) mass is 286 g/mol. The number of hydrogen-bond acceptors (Lipinski definition) is 3. The van der Waals surface area contributed by atoms with Gasteiger partial charge in [0, 0.05) is 10.0 Å². The second kappa shape index (κ2) is 5.17. The molecule has 0 aromatic heterocycles. The summed E-state index contributed by atoms with van der Waals surface area (Å²) >= 11 is 3.43. The lowest BCUT2D eigenvalue weighted by Crippen LogP contribution is -2.37. The fourth-order valence-corrected chi connectivity index (χ4v) is 2.07. The van der Waals surface area contributed by atoms with Crippen molar-refractivity contribution in [3.05, 3.63) is 28.2 Å². The van der Waals surface area contributed by atoms with Crippen LogP contribution in [0.15, 0.2) is 22.7 Å². The summed E-state index contributed by atoms with van der Waals surface area (Å²) in [4.78, 5) is 0. The predicted molar refractivity (Wildman–Crippen MR) is 70.2 cm³/mol. The zero-order valence-corrected chi connectivity index (χ0v) is 11.8. The molecular formula is C12H19BrN2O. The van der Waals surface area contributed by atoms with Gasteiger partial charge in [-0.15, -0.1) is 0 Å². The Morgan fingerprint density at radius 2 is 2.00 bits per heavy atom. The van der Waals surface area contributed by atoms with Gasteiger partial charge in [0.1, 0.15) is 5.75 Å². The first-order valence-electron chi connectivity index (χ1n) is 5.19. The van der Waals surface area contributed by atoms with Gasteiger partial charge in [0.25, 0.3) is 0 Å². The van der Waals surface area contributed by atoms with Crippen LogP contribution in [0.5, 0.6) is 5.75 Å². The minimum atomic E-state index is 0.0237. The van der Waals surface area contributed by atoms with E-state index in [2.05, 4.69) is 42.1 Å². The summed E-state index contributed by atoms with van der Waals surface area (Å²) in [5, 5.41) is 0. The Hall–Kier alpha value is -0.580. The summed E-state index contributed by atoms with van der Waals surface area (Å²) in [5.41, 5.74) is 3.95. The summed E-state index contributed by atoms with van der Waals surface area (Å²) in [5.74, 6) is 6.48. The largest absolute Gasteiger partial charge is 0.496 e. The molecule has 0 radical (unpaired) electrons. The Morgan fingerprint density at radius 3 is 2.44 bits per heavy atom. The molecule has 1 rings (SSSR count). The van der Waals surface area contributed by atoms with Gasteiger partial charge in [-0.05, 0) is 17.5 Å². The smallest absolute Gasteiger partial charge is 0.124 e. The molecule has 0 spiro atoms. The Morgan fingerprint density at radius 1 is 1.38 bits per heavy atom. The normalized spacial score (nSPS) is 13.6. The number of nitrogens with one attached hydrogen (secondary N) is 1. The van der Waals surface area contributed by atoms with Gasteiger partial charge in [-0.2, -0.15) is 0 Å². The van der Waals surface area contributed by atoms with Crippen molar-refractivity contribution in [1.82, 2.24) is 5.43 Å². The van der Waals surface area contributed by atoms with E-state index in [1.54, 1.807) is 7.11 Å². The quantitative estimate of drug-likeness (QED) is 0.663. The number of ether oxygens (including phenoxy) is 1. The Labute approximate surface area is 105 Å². The first-order chi connectivity index (χ1) is 7.40. The van der Waals surface area contributed by atoms with Crippen molar-refractivity contribution in [2.75, 3.05) is 7.11 Å². The maximum atomic E-state index is 5.64. The number of benzene rings is 1. The summed E-state index contributed by atoms with van der Waals surface area (Å²) in [7, 11) is 1.67.